The predicted octanol–water partition coefficient (Wildman–Crippen LogP) is 7.11. The zero-order chi connectivity index (χ0) is 30.8. The van der Waals surface area contributed by atoms with Crippen LogP contribution in [0.15, 0.2) is 60.7 Å². The molecule has 1 atom stereocenters. The van der Waals surface area contributed by atoms with Crippen LogP contribution in [0.1, 0.15) is 46.3 Å². The highest BCUT2D eigenvalue weighted by atomic mass is 32.2. The normalized spacial score (nSPS) is 14.5. The predicted molar refractivity (Wildman–Crippen MR) is 173 cm³/mol. The molecule has 1 saturated heterocycles. The molecule has 4 rings (SSSR count). The van der Waals surface area contributed by atoms with Crippen molar-refractivity contribution in [3.05, 3.63) is 94.6 Å². The van der Waals surface area contributed by atoms with Gasteiger partial charge in [-0.2, -0.15) is 23.5 Å². The van der Waals surface area contributed by atoms with E-state index >= 15 is 0 Å². The first kappa shape index (κ1) is 33.0. The molecule has 1 aliphatic heterocycles. The van der Waals surface area contributed by atoms with E-state index in [1.165, 1.54) is 19.2 Å². The van der Waals surface area contributed by atoms with Crippen molar-refractivity contribution in [3.63, 3.8) is 0 Å². The zero-order valence-corrected chi connectivity index (χ0v) is 26.7. The summed E-state index contributed by atoms with van der Waals surface area (Å²) in [7, 11) is 1.32. The van der Waals surface area contributed by atoms with E-state index in [-0.39, 0.29) is 5.91 Å². The second-order valence-electron chi connectivity index (χ2n) is 11.0. The van der Waals surface area contributed by atoms with Gasteiger partial charge in [0.2, 0.25) is 0 Å². The third kappa shape index (κ3) is 9.55. The van der Waals surface area contributed by atoms with E-state index in [0.717, 1.165) is 59.2 Å². The molecule has 43 heavy (non-hydrogen) atoms. The Kier molecular flexibility index (Phi) is 12.5. The lowest BCUT2D eigenvalue weighted by Gasteiger charge is -2.30. The Morgan fingerprint density at radius 1 is 1.00 bits per heavy atom. The third-order valence-corrected chi connectivity index (χ3v) is 9.45. The van der Waals surface area contributed by atoms with Gasteiger partial charge in [-0.05, 0) is 108 Å². The molecule has 0 aromatic heterocycles. The minimum absolute atomic E-state index is 0.340. The van der Waals surface area contributed by atoms with E-state index in [9.17, 15) is 18.4 Å². The fourth-order valence-corrected chi connectivity index (χ4v) is 7.22. The quantitative estimate of drug-likeness (QED) is 0.204. The largest absolute Gasteiger partial charge is 0.467 e. The molecule has 3 aromatic rings. The molecule has 0 bridgehead atoms. The Labute approximate surface area is 262 Å². The molecule has 0 radical (unpaired) electrons. The molecule has 1 fully saturated rings. The van der Waals surface area contributed by atoms with Gasteiger partial charge < -0.3 is 10.1 Å². The number of hydrogen-bond donors (Lipinski definition) is 1. The summed E-state index contributed by atoms with van der Waals surface area (Å²) >= 11 is 3.57. The minimum Gasteiger partial charge on any atom is -0.467 e. The molecule has 0 aliphatic carbocycles. The van der Waals surface area contributed by atoms with Crippen LogP contribution in [0.5, 0.6) is 0 Å². The minimum atomic E-state index is -0.745. The second kappa shape index (κ2) is 16.3. The highest BCUT2D eigenvalue weighted by molar-refractivity contribution is 7.99. The van der Waals surface area contributed by atoms with E-state index in [1.807, 2.05) is 67.4 Å². The molecule has 1 heterocycles. The molecule has 9 heteroatoms. The van der Waals surface area contributed by atoms with Gasteiger partial charge in [0, 0.05) is 31.3 Å². The molecular weight excluding hydrogens is 587 g/mol. The van der Waals surface area contributed by atoms with E-state index in [4.69, 9.17) is 4.74 Å². The van der Waals surface area contributed by atoms with Crippen molar-refractivity contribution in [1.29, 1.82) is 0 Å². The Morgan fingerprint density at radius 3 is 2.37 bits per heavy atom. The number of nitrogens with zero attached hydrogens (tertiary/aromatic N) is 1. The number of ether oxygens (including phenoxy) is 1. The molecule has 0 saturated carbocycles. The molecule has 1 amide bonds. The van der Waals surface area contributed by atoms with E-state index < -0.39 is 23.6 Å². The maximum Gasteiger partial charge on any atom is 0.328 e. The summed E-state index contributed by atoms with van der Waals surface area (Å²) in [5.74, 6) is 1.49. The number of esters is 1. The standard InChI is InChI=1S/C34H40F2N2O3S2/c1-23-6-4-5-7-29(23)31-18-25(8-9-30(31)33(39)37-32(12-13-42-3)34(40)41-2)21-38(20-24-10-14-43-15-11-24)22-26-16-27(35)19-28(36)17-26/h4-9,16-19,24,32H,10-15,20-22H2,1-3H3,(H,37,39). The lowest BCUT2D eigenvalue weighted by atomic mass is 9.93. The van der Waals surface area contributed by atoms with Crippen LogP contribution in [0.2, 0.25) is 0 Å². The topological polar surface area (TPSA) is 58.6 Å². The highest BCUT2D eigenvalue weighted by Gasteiger charge is 2.25. The fourth-order valence-electron chi connectivity index (χ4n) is 5.55. The second-order valence-corrected chi connectivity index (χ2v) is 13.2. The Balaban J connectivity index is 1.66. The number of aryl methyl sites for hydroxylation is 1. The van der Waals surface area contributed by atoms with Gasteiger partial charge in [-0.15, -0.1) is 0 Å². The smallest absolute Gasteiger partial charge is 0.328 e. The number of halogens is 2. The Morgan fingerprint density at radius 2 is 1.70 bits per heavy atom. The van der Waals surface area contributed by atoms with Gasteiger partial charge >= 0.3 is 5.97 Å². The highest BCUT2D eigenvalue weighted by Crippen LogP contribution is 2.30. The SMILES string of the molecule is COC(=O)C(CCSC)NC(=O)c1ccc(CN(Cc2cc(F)cc(F)c2)CC2CCSCC2)cc1-c1ccccc1C. The summed E-state index contributed by atoms with van der Waals surface area (Å²) in [6.07, 6.45) is 4.65. The summed E-state index contributed by atoms with van der Waals surface area (Å²) in [6, 6.07) is 16.6. The van der Waals surface area contributed by atoms with Crippen LogP contribution in [0, 0.1) is 24.5 Å². The Bertz CT molecular complexity index is 1380. The van der Waals surface area contributed by atoms with Crippen molar-refractivity contribution in [2.45, 2.75) is 45.3 Å². The maximum atomic E-state index is 14.1. The number of hydrogen-bond acceptors (Lipinski definition) is 6. The van der Waals surface area contributed by atoms with Crippen molar-refractivity contribution in [3.8, 4) is 11.1 Å². The van der Waals surface area contributed by atoms with Gasteiger partial charge in [-0.1, -0.05) is 30.3 Å². The average Bonchev–Trinajstić information content (AvgIpc) is 2.99. The van der Waals surface area contributed by atoms with E-state index in [1.54, 1.807) is 11.8 Å². The van der Waals surface area contributed by atoms with Crippen LogP contribution in [-0.4, -0.2) is 60.0 Å². The molecule has 1 unspecified atom stereocenters. The number of amides is 1. The first-order valence-corrected chi connectivity index (χ1v) is 17.1. The van der Waals surface area contributed by atoms with Gasteiger partial charge in [-0.3, -0.25) is 9.69 Å². The molecule has 3 aromatic carbocycles. The van der Waals surface area contributed by atoms with Crippen LogP contribution < -0.4 is 5.32 Å². The number of carbonyl (C=O) groups is 2. The number of nitrogens with one attached hydrogen (secondary N) is 1. The zero-order valence-electron chi connectivity index (χ0n) is 25.0. The number of benzene rings is 3. The summed E-state index contributed by atoms with van der Waals surface area (Å²) in [5, 5.41) is 2.90. The van der Waals surface area contributed by atoms with Gasteiger partial charge in [0.1, 0.15) is 17.7 Å². The van der Waals surface area contributed by atoms with Crippen molar-refractivity contribution in [1.82, 2.24) is 10.2 Å². The molecule has 1 N–H and O–H groups in total. The number of rotatable bonds is 13. The first-order chi connectivity index (χ1) is 20.8. The summed E-state index contributed by atoms with van der Waals surface area (Å²) in [5.41, 5.74) is 4.77. The van der Waals surface area contributed by atoms with E-state index in [2.05, 4.69) is 10.2 Å². The molecule has 0 spiro atoms. The van der Waals surface area contributed by atoms with E-state index in [0.29, 0.717) is 42.3 Å². The molecule has 230 valence electrons. The lowest BCUT2D eigenvalue weighted by Crippen LogP contribution is -2.42. The monoisotopic (exact) mass is 626 g/mol. The summed E-state index contributed by atoms with van der Waals surface area (Å²) in [6.45, 7) is 3.79. The van der Waals surface area contributed by atoms with Crippen LogP contribution >= 0.6 is 23.5 Å². The molecular formula is C34H40F2N2O3S2. The molecule has 1 aliphatic rings. The fraction of sp³-hybridized carbons (Fsp3) is 0.412. The molecule has 5 nitrogen and oxygen atoms in total. The Hall–Kier alpha value is -2.88. The van der Waals surface area contributed by atoms with Gasteiger partial charge in [0.15, 0.2) is 0 Å². The van der Waals surface area contributed by atoms with Crippen LogP contribution in [0.4, 0.5) is 8.78 Å². The van der Waals surface area contributed by atoms with Crippen LogP contribution in [0.25, 0.3) is 11.1 Å². The van der Waals surface area contributed by atoms with Gasteiger partial charge in [-0.25, -0.2) is 13.6 Å². The van der Waals surface area contributed by atoms with Crippen molar-refractivity contribution in [2.24, 2.45) is 5.92 Å². The average molecular weight is 627 g/mol. The van der Waals surface area contributed by atoms with Crippen LogP contribution in [-0.2, 0) is 22.6 Å². The van der Waals surface area contributed by atoms with Crippen LogP contribution in [0.3, 0.4) is 0 Å². The van der Waals surface area contributed by atoms with Crippen molar-refractivity contribution >= 4 is 35.4 Å². The third-order valence-electron chi connectivity index (χ3n) is 7.76. The maximum absolute atomic E-state index is 14.1. The summed E-state index contributed by atoms with van der Waals surface area (Å²) < 4.78 is 33.1. The van der Waals surface area contributed by atoms with Crippen molar-refractivity contribution < 1.29 is 23.1 Å². The number of carbonyl (C=O) groups excluding carboxylic acids is 2. The number of thioether (sulfide) groups is 2. The number of methoxy groups -OCH3 is 1. The van der Waals surface area contributed by atoms with Gasteiger partial charge in [0.05, 0.1) is 7.11 Å². The summed E-state index contributed by atoms with van der Waals surface area (Å²) in [4.78, 5) is 28.3. The van der Waals surface area contributed by atoms with Crippen molar-refractivity contribution in [2.75, 3.05) is 37.2 Å². The first-order valence-electron chi connectivity index (χ1n) is 14.6. The lowest BCUT2D eigenvalue weighted by molar-refractivity contribution is -0.142. The van der Waals surface area contributed by atoms with Gasteiger partial charge in [0.25, 0.3) is 5.91 Å².